The maximum absolute atomic E-state index is 11.3. The Hall–Kier alpha value is -1.26. The summed E-state index contributed by atoms with van der Waals surface area (Å²) in [4.78, 5) is 13.2. The summed E-state index contributed by atoms with van der Waals surface area (Å²) in [6.45, 7) is 0. The molecule has 0 amide bonds. The maximum Gasteiger partial charge on any atom is 0.337 e. The summed E-state index contributed by atoms with van der Waals surface area (Å²) in [6, 6.07) is 4.79. The van der Waals surface area contributed by atoms with Crippen LogP contribution in [0.1, 0.15) is 36.0 Å². The number of anilines is 1. The first-order valence-corrected chi connectivity index (χ1v) is 6.82. The van der Waals surface area contributed by atoms with Crippen LogP contribution in [0, 0.1) is 0 Å². The van der Waals surface area contributed by atoms with Crippen molar-refractivity contribution in [2.24, 2.45) is 0 Å². The zero-order valence-electron chi connectivity index (χ0n) is 10.8. The molecule has 1 fully saturated rings. The molecule has 1 aliphatic carbocycles. The first-order chi connectivity index (χ1) is 9.00. The van der Waals surface area contributed by atoms with Gasteiger partial charge in [0.15, 0.2) is 0 Å². The Labute approximate surface area is 117 Å². The molecule has 1 aromatic rings. The third-order valence-corrected chi connectivity index (χ3v) is 4.00. The molecule has 0 aliphatic heterocycles. The SMILES string of the molecule is CN(c1ccc(Cl)cc1C(=O)O)C1CCCCC1O. The molecule has 19 heavy (non-hydrogen) atoms. The van der Waals surface area contributed by atoms with E-state index in [9.17, 15) is 15.0 Å². The molecule has 1 aliphatic rings. The van der Waals surface area contributed by atoms with E-state index in [1.54, 1.807) is 12.1 Å². The molecule has 2 unspecified atom stereocenters. The largest absolute Gasteiger partial charge is 0.478 e. The number of likely N-dealkylation sites (N-methyl/N-ethyl adjacent to an activating group) is 1. The van der Waals surface area contributed by atoms with Crippen molar-refractivity contribution in [1.82, 2.24) is 0 Å². The van der Waals surface area contributed by atoms with Crippen LogP contribution in [-0.2, 0) is 0 Å². The summed E-state index contributed by atoms with van der Waals surface area (Å²) in [5.41, 5.74) is 0.774. The molecule has 0 aromatic heterocycles. The Bertz CT molecular complexity index is 478. The fraction of sp³-hybridized carbons (Fsp3) is 0.500. The van der Waals surface area contributed by atoms with Crippen LogP contribution >= 0.6 is 11.6 Å². The summed E-state index contributed by atoms with van der Waals surface area (Å²) < 4.78 is 0. The second-order valence-corrected chi connectivity index (χ2v) is 5.43. The highest BCUT2D eigenvalue weighted by atomic mass is 35.5. The van der Waals surface area contributed by atoms with Gasteiger partial charge in [0.1, 0.15) is 0 Å². The smallest absolute Gasteiger partial charge is 0.337 e. The number of benzene rings is 1. The van der Waals surface area contributed by atoms with Crippen molar-refractivity contribution in [3.63, 3.8) is 0 Å². The number of carboxylic acid groups (broad SMARTS) is 1. The van der Waals surface area contributed by atoms with Crippen molar-refractivity contribution in [2.45, 2.75) is 37.8 Å². The van der Waals surface area contributed by atoms with Crippen LogP contribution in [0.5, 0.6) is 0 Å². The fourth-order valence-electron chi connectivity index (χ4n) is 2.71. The lowest BCUT2D eigenvalue weighted by Crippen LogP contribution is -2.44. The van der Waals surface area contributed by atoms with Crippen molar-refractivity contribution in [3.05, 3.63) is 28.8 Å². The third kappa shape index (κ3) is 3.01. The van der Waals surface area contributed by atoms with Crippen molar-refractivity contribution < 1.29 is 15.0 Å². The number of hydrogen-bond donors (Lipinski definition) is 2. The highest BCUT2D eigenvalue weighted by Gasteiger charge is 2.28. The Kier molecular flexibility index (Phi) is 4.32. The minimum absolute atomic E-state index is 0.0342. The van der Waals surface area contributed by atoms with Gasteiger partial charge in [-0.3, -0.25) is 0 Å². The minimum Gasteiger partial charge on any atom is -0.478 e. The van der Waals surface area contributed by atoms with Crippen LogP contribution in [0.15, 0.2) is 18.2 Å². The number of aliphatic hydroxyl groups excluding tert-OH is 1. The summed E-state index contributed by atoms with van der Waals surface area (Å²) in [7, 11) is 1.83. The standard InChI is InChI=1S/C14H18ClNO3/c1-16(12-4-2-3-5-13(12)17)11-7-6-9(15)8-10(11)14(18)19/h6-8,12-13,17H,2-5H2,1H3,(H,18,19). The van der Waals surface area contributed by atoms with Crippen LogP contribution in [0.3, 0.4) is 0 Å². The maximum atomic E-state index is 11.3. The molecule has 2 rings (SSSR count). The highest BCUT2D eigenvalue weighted by Crippen LogP contribution is 2.30. The number of rotatable bonds is 3. The lowest BCUT2D eigenvalue weighted by molar-refractivity contribution is 0.0695. The molecule has 5 heteroatoms. The Morgan fingerprint density at radius 1 is 1.37 bits per heavy atom. The number of hydrogen-bond acceptors (Lipinski definition) is 3. The Balaban J connectivity index is 2.32. The number of carbonyl (C=O) groups is 1. The molecule has 2 atom stereocenters. The Morgan fingerprint density at radius 3 is 2.68 bits per heavy atom. The van der Waals surface area contributed by atoms with Crippen LogP contribution in [0.2, 0.25) is 5.02 Å². The molecular formula is C14H18ClNO3. The first kappa shape index (κ1) is 14.2. The van der Waals surface area contributed by atoms with E-state index in [0.29, 0.717) is 10.7 Å². The average molecular weight is 284 g/mol. The fourth-order valence-corrected chi connectivity index (χ4v) is 2.88. The molecule has 0 bridgehead atoms. The van der Waals surface area contributed by atoms with Gasteiger partial charge in [0.25, 0.3) is 0 Å². The topological polar surface area (TPSA) is 60.8 Å². The highest BCUT2D eigenvalue weighted by molar-refractivity contribution is 6.31. The molecule has 2 N–H and O–H groups in total. The summed E-state index contributed by atoms with van der Waals surface area (Å²) >= 11 is 5.85. The molecule has 0 heterocycles. The van der Waals surface area contributed by atoms with E-state index < -0.39 is 12.1 Å². The molecule has 1 aromatic carbocycles. The van der Waals surface area contributed by atoms with Crippen molar-refractivity contribution in [1.29, 1.82) is 0 Å². The normalized spacial score (nSPS) is 23.1. The summed E-state index contributed by atoms with van der Waals surface area (Å²) in [5.74, 6) is -1.00. The van der Waals surface area contributed by atoms with Gasteiger partial charge in [0.2, 0.25) is 0 Å². The molecule has 0 saturated heterocycles. The van der Waals surface area contributed by atoms with E-state index in [-0.39, 0.29) is 11.6 Å². The van der Waals surface area contributed by atoms with E-state index in [0.717, 1.165) is 25.7 Å². The van der Waals surface area contributed by atoms with Crippen LogP contribution in [-0.4, -0.2) is 35.4 Å². The van der Waals surface area contributed by atoms with E-state index >= 15 is 0 Å². The lowest BCUT2D eigenvalue weighted by Gasteiger charge is -2.37. The predicted molar refractivity (Wildman–Crippen MR) is 75.1 cm³/mol. The number of aliphatic hydroxyl groups is 1. The van der Waals surface area contributed by atoms with Crippen molar-refractivity contribution in [3.8, 4) is 0 Å². The van der Waals surface area contributed by atoms with Gasteiger partial charge in [-0.15, -0.1) is 0 Å². The van der Waals surface area contributed by atoms with Gasteiger partial charge in [-0.2, -0.15) is 0 Å². The number of aromatic carboxylic acids is 1. The van der Waals surface area contributed by atoms with Crippen LogP contribution in [0.25, 0.3) is 0 Å². The zero-order valence-corrected chi connectivity index (χ0v) is 11.6. The van der Waals surface area contributed by atoms with Gasteiger partial charge in [-0.05, 0) is 31.0 Å². The summed E-state index contributed by atoms with van der Waals surface area (Å²) in [6.07, 6.45) is 3.32. The molecule has 0 spiro atoms. The van der Waals surface area contributed by atoms with Crippen molar-refractivity contribution >= 4 is 23.3 Å². The van der Waals surface area contributed by atoms with E-state index in [1.807, 2.05) is 11.9 Å². The molecule has 4 nitrogen and oxygen atoms in total. The average Bonchev–Trinajstić information content (AvgIpc) is 2.38. The van der Waals surface area contributed by atoms with Gasteiger partial charge >= 0.3 is 5.97 Å². The third-order valence-electron chi connectivity index (χ3n) is 3.76. The van der Waals surface area contributed by atoms with Crippen LogP contribution < -0.4 is 4.90 Å². The first-order valence-electron chi connectivity index (χ1n) is 6.44. The minimum atomic E-state index is -1.00. The van der Waals surface area contributed by atoms with E-state index in [4.69, 9.17) is 11.6 Å². The van der Waals surface area contributed by atoms with Gasteiger partial charge in [-0.25, -0.2) is 4.79 Å². The van der Waals surface area contributed by atoms with E-state index in [2.05, 4.69) is 0 Å². The summed E-state index contributed by atoms with van der Waals surface area (Å²) in [5, 5.41) is 19.7. The molecular weight excluding hydrogens is 266 g/mol. The second kappa shape index (κ2) is 5.80. The number of halogens is 1. The van der Waals surface area contributed by atoms with Gasteiger partial charge < -0.3 is 15.1 Å². The van der Waals surface area contributed by atoms with E-state index in [1.165, 1.54) is 6.07 Å². The zero-order chi connectivity index (χ0) is 14.0. The molecule has 1 saturated carbocycles. The Morgan fingerprint density at radius 2 is 2.05 bits per heavy atom. The van der Waals surface area contributed by atoms with Gasteiger partial charge in [-0.1, -0.05) is 24.4 Å². The monoisotopic (exact) mass is 283 g/mol. The quantitative estimate of drug-likeness (QED) is 0.895. The second-order valence-electron chi connectivity index (χ2n) is 5.00. The molecule has 0 radical (unpaired) electrons. The molecule has 104 valence electrons. The van der Waals surface area contributed by atoms with Crippen LogP contribution in [0.4, 0.5) is 5.69 Å². The van der Waals surface area contributed by atoms with Gasteiger partial charge in [0.05, 0.1) is 23.4 Å². The van der Waals surface area contributed by atoms with Gasteiger partial charge in [0, 0.05) is 12.1 Å². The number of nitrogens with zero attached hydrogens (tertiary/aromatic N) is 1. The van der Waals surface area contributed by atoms with Crippen molar-refractivity contribution in [2.75, 3.05) is 11.9 Å². The lowest BCUT2D eigenvalue weighted by atomic mass is 9.91. The predicted octanol–water partition coefficient (Wildman–Crippen LogP) is 2.78. The number of carboxylic acids is 1.